The van der Waals surface area contributed by atoms with Crippen molar-refractivity contribution in [1.29, 1.82) is 0 Å². The van der Waals surface area contributed by atoms with Crippen molar-refractivity contribution in [2.75, 3.05) is 13.6 Å². The molecule has 0 bridgehead atoms. The number of aryl methyl sites for hydroxylation is 1. The van der Waals surface area contributed by atoms with E-state index in [1.54, 1.807) is 40.5 Å². The van der Waals surface area contributed by atoms with Gasteiger partial charge in [0.25, 0.3) is 0 Å². The maximum Gasteiger partial charge on any atom is 0.173 e. The molecule has 0 saturated heterocycles. The van der Waals surface area contributed by atoms with E-state index in [0.29, 0.717) is 17.5 Å². The van der Waals surface area contributed by atoms with Crippen molar-refractivity contribution < 1.29 is 8.78 Å². The van der Waals surface area contributed by atoms with E-state index in [0.717, 1.165) is 17.9 Å². The van der Waals surface area contributed by atoms with Crippen LogP contribution in [0, 0.1) is 18.6 Å². The van der Waals surface area contributed by atoms with Gasteiger partial charge < -0.3 is 14.1 Å². The standard InChI is InChI=1S/C18H17F2N5/c1-11-7-24-8-12(5-15(19)17(24)22-11)13-6-16(20)18-23-14(3-4-21-2)10-25(18)9-13/h5-10,21H,3-4H2,1-2H3. The van der Waals surface area contributed by atoms with Gasteiger partial charge in [0.1, 0.15) is 0 Å². The first-order chi connectivity index (χ1) is 12.0. The van der Waals surface area contributed by atoms with Gasteiger partial charge in [-0.25, -0.2) is 18.7 Å². The summed E-state index contributed by atoms with van der Waals surface area (Å²) in [5, 5.41) is 3.04. The number of pyridine rings is 2. The molecule has 4 rings (SSSR count). The van der Waals surface area contributed by atoms with Crippen molar-refractivity contribution in [3.63, 3.8) is 0 Å². The normalized spacial score (nSPS) is 11.7. The van der Waals surface area contributed by atoms with Crippen LogP contribution in [0.1, 0.15) is 11.4 Å². The first-order valence-electron chi connectivity index (χ1n) is 8.02. The molecule has 0 atom stereocenters. The maximum atomic E-state index is 14.5. The molecule has 0 aliphatic heterocycles. The Hall–Kier alpha value is -2.80. The Morgan fingerprint density at radius 3 is 2.16 bits per heavy atom. The maximum absolute atomic E-state index is 14.5. The lowest BCUT2D eigenvalue weighted by molar-refractivity contribution is 0.627. The molecule has 0 spiro atoms. The summed E-state index contributed by atoms with van der Waals surface area (Å²) in [5.41, 5.74) is 3.22. The molecule has 1 N–H and O–H groups in total. The van der Waals surface area contributed by atoms with Gasteiger partial charge in [-0.1, -0.05) is 0 Å². The number of imidazole rings is 2. The molecule has 0 radical (unpaired) electrons. The smallest absolute Gasteiger partial charge is 0.173 e. The summed E-state index contributed by atoms with van der Waals surface area (Å²) in [5.74, 6) is -0.873. The van der Waals surface area contributed by atoms with Crippen molar-refractivity contribution >= 4 is 11.3 Å². The number of halogens is 2. The second kappa shape index (κ2) is 5.93. The molecule has 0 amide bonds. The molecular weight excluding hydrogens is 324 g/mol. The van der Waals surface area contributed by atoms with Crippen LogP contribution in [0.25, 0.3) is 22.4 Å². The summed E-state index contributed by atoms with van der Waals surface area (Å²) in [6.45, 7) is 2.57. The van der Waals surface area contributed by atoms with Crippen molar-refractivity contribution in [2.24, 2.45) is 0 Å². The first kappa shape index (κ1) is 15.7. The molecule has 4 aromatic rings. The second-order valence-corrected chi connectivity index (χ2v) is 6.08. The molecule has 0 fully saturated rings. The van der Waals surface area contributed by atoms with E-state index in [2.05, 4.69) is 15.3 Å². The Kier molecular flexibility index (Phi) is 3.73. The van der Waals surface area contributed by atoms with Crippen LogP contribution < -0.4 is 5.32 Å². The molecule has 0 aliphatic rings. The minimum atomic E-state index is -0.438. The Morgan fingerprint density at radius 2 is 1.52 bits per heavy atom. The number of likely N-dealkylation sites (N-methyl/N-ethyl adjacent to an activating group) is 1. The van der Waals surface area contributed by atoms with Crippen LogP contribution in [-0.2, 0) is 6.42 Å². The van der Waals surface area contributed by atoms with Gasteiger partial charge in [0.15, 0.2) is 22.9 Å². The minimum Gasteiger partial charge on any atom is -0.319 e. The summed E-state index contributed by atoms with van der Waals surface area (Å²) < 4.78 is 32.0. The molecule has 4 heterocycles. The van der Waals surface area contributed by atoms with Crippen LogP contribution in [0.3, 0.4) is 0 Å². The monoisotopic (exact) mass is 341 g/mol. The number of hydrogen-bond acceptors (Lipinski definition) is 3. The summed E-state index contributed by atoms with van der Waals surface area (Å²) in [7, 11) is 1.86. The molecule has 5 nitrogen and oxygen atoms in total. The highest BCUT2D eigenvalue weighted by molar-refractivity contribution is 5.66. The van der Waals surface area contributed by atoms with Crippen molar-refractivity contribution in [2.45, 2.75) is 13.3 Å². The molecule has 25 heavy (non-hydrogen) atoms. The van der Waals surface area contributed by atoms with Crippen LogP contribution in [0.5, 0.6) is 0 Å². The van der Waals surface area contributed by atoms with Gasteiger partial charge in [0.2, 0.25) is 0 Å². The highest BCUT2D eigenvalue weighted by Gasteiger charge is 2.12. The van der Waals surface area contributed by atoms with E-state index in [-0.39, 0.29) is 11.3 Å². The summed E-state index contributed by atoms with van der Waals surface area (Å²) in [6.07, 6.45) is 7.76. The summed E-state index contributed by atoms with van der Waals surface area (Å²) >= 11 is 0. The fourth-order valence-corrected chi connectivity index (χ4v) is 2.98. The Balaban J connectivity index is 1.83. The second-order valence-electron chi connectivity index (χ2n) is 6.08. The number of nitrogens with zero attached hydrogens (tertiary/aromatic N) is 4. The van der Waals surface area contributed by atoms with E-state index in [9.17, 15) is 8.78 Å². The van der Waals surface area contributed by atoms with Crippen LogP contribution in [0.2, 0.25) is 0 Å². The lowest BCUT2D eigenvalue weighted by Gasteiger charge is -2.06. The fraction of sp³-hybridized carbons (Fsp3) is 0.222. The van der Waals surface area contributed by atoms with E-state index in [1.807, 2.05) is 7.05 Å². The molecule has 7 heteroatoms. The predicted octanol–water partition coefficient (Wildman–Crippen LogP) is 3.00. The zero-order valence-corrected chi connectivity index (χ0v) is 13.9. The lowest BCUT2D eigenvalue weighted by atomic mass is 10.1. The van der Waals surface area contributed by atoms with Crippen molar-refractivity contribution in [3.05, 3.63) is 59.9 Å². The van der Waals surface area contributed by atoms with Crippen LogP contribution >= 0.6 is 0 Å². The Labute approximate surface area is 143 Å². The Morgan fingerprint density at radius 1 is 0.920 bits per heavy atom. The number of hydrogen-bond donors (Lipinski definition) is 1. The summed E-state index contributed by atoms with van der Waals surface area (Å²) in [6, 6.07) is 2.76. The van der Waals surface area contributed by atoms with Gasteiger partial charge in [0, 0.05) is 48.9 Å². The quantitative estimate of drug-likeness (QED) is 0.621. The van der Waals surface area contributed by atoms with Gasteiger partial charge in [-0.2, -0.15) is 0 Å². The fourth-order valence-electron chi connectivity index (χ4n) is 2.98. The van der Waals surface area contributed by atoms with Gasteiger partial charge in [-0.3, -0.25) is 0 Å². The largest absolute Gasteiger partial charge is 0.319 e. The topological polar surface area (TPSA) is 46.6 Å². The third-order valence-corrected chi connectivity index (χ3v) is 4.15. The van der Waals surface area contributed by atoms with Crippen molar-refractivity contribution in [1.82, 2.24) is 24.1 Å². The van der Waals surface area contributed by atoms with E-state index < -0.39 is 11.6 Å². The molecule has 4 aromatic heterocycles. The first-order valence-corrected chi connectivity index (χ1v) is 8.02. The average Bonchev–Trinajstić information content (AvgIpc) is 3.15. The van der Waals surface area contributed by atoms with Gasteiger partial charge >= 0.3 is 0 Å². The number of rotatable bonds is 4. The van der Waals surface area contributed by atoms with Crippen LogP contribution in [-0.4, -0.2) is 32.4 Å². The average molecular weight is 341 g/mol. The zero-order valence-electron chi connectivity index (χ0n) is 13.9. The molecule has 0 unspecified atom stereocenters. The third-order valence-electron chi connectivity index (χ3n) is 4.15. The minimum absolute atomic E-state index is 0.264. The predicted molar refractivity (Wildman–Crippen MR) is 91.7 cm³/mol. The van der Waals surface area contributed by atoms with Crippen molar-refractivity contribution in [3.8, 4) is 11.1 Å². The summed E-state index contributed by atoms with van der Waals surface area (Å²) in [4.78, 5) is 8.45. The molecule has 0 aromatic carbocycles. The van der Waals surface area contributed by atoms with Crippen LogP contribution in [0.15, 0.2) is 36.9 Å². The van der Waals surface area contributed by atoms with Gasteiger partial charge in [-0.15, -0.1) is 0 Å². The van der Waals surface area contributed by atoms with Gasteiger partial charge in [0.05, 0.1) is 11.4 Å². The molecular formula is C18H17F2N5. The Bertz CT molecular complexity index is 1080. The third kappa shape index (κ3) is 2.76. The van der Waals surface area contributed by atoms with Crippen LogP contribution in [0.4, 0.5) is 8.78 Å². The molecule has 0 saturated carbocycles. The van der Waals surface area contributed by atoms with Gasteiger partial charge in [-0.05, 0) is 26.1 Å². The molecule has 128 valence electrons. The highest BCUT2D eigenvalue weighted by Crippen LogP contribution is 2.25. The number of aromatic nitrogens is 4. The molecule has 0 aliphatic carbocycles. The highest BCUT2D eigenvalue weighted by atomic mass is 19.1. The van der Waals surface area contributed by atoms with E-state index in [4.69, 9.17) is 0 Å². The zero-order chi connectivity index (χ0) is 17.6. The van der Waals surface area contributed by atoms with E-state index in [1.165, 1.54) is 12.1 Å². The van der Waals surface area contributed by atoms with E-state index >= 15 is 0 Å². The number of nitrogens with one attached hydrogen (secondary N) is 1. The number of fused-ring (bicyclic) bond motifs is 2. The SMILES string of the molecule is CNCCc1cn2cc(-c3cc(F)c4nc(C)cn4c3)cc(F)c2n1. The lowest BCUT2D eigenvalue weighted by Crippen LogP contribution is -2.10.